The Balaban J connectivity index is 1.79. The van der Waals surface area contributed by atoms with Crippen molar-refractivity contribution in [2.24, 2.45) is 0 Å². The predicted molar refractivity (Wildman–Crippen MR) is 162 cm³/mol. The number of hydrogen-bond donors (Lipinski definition) is 6. The number of aromatic hydroxyl groups is 1. The number of rotatable bonds is 14. The second-order valence-electron chi connectivity index (χ2n) is 10.4. The largest absolute Gasteiger partial charge is 0.505 e. The monoisotopic (exact) mass is 671 g/mol. The van der Waals surface area contributed by atoms with E-state index in [0.29, 0.717) is 0 Å². The van der Waals surface area contributed by atoms with E-state index < -0.39 is 91.2 Å². The molecule has 17 heteroatoms. The number of ketones is 1. The Morgan fingerprint density at radius 3 is 2.27 bits per heavy atom. The molecule has 6 N–H and O–H groups in total. The number of aliphatic carboxylic acids is 2. The molecule has 2 aromatic carbocycles. The molecule has 2 aromatic rings. The number of aliphatic hydroxyl groups is 1. The number of carbonyl (C=O) groups is 5. The molecule has 1 atom stereocenters. The molecule has 0 fully saturated rings. The van der Waals surface area contributed by atoms with Crippen molar-refractivity contribution in [3.8, 4) is 33.9 Å². The van der Waals surface area contributed by atoms with Gasteiger partial charge in [-0.2, -0.15) is 0 Å². The Morgan fingerprint density at radius 1 is 0.958 bits per heavy atom. The van der Waals surface area contributed by atoms with Crippen LogP contribution in [0.1, 0.15) is 6.92 Å². The molecule has 0 bridgehead atoms. The predicted octanol–water partition coefficient (Wildman–Crippen LogP) is 1.09. The molecule has 252 valence electrons. The number of nitrogens with zero attached hydrogens (tertiary/aromatic N) is 1. The highest BCUT2D eigenvalue weighted by atomic mass is 19.1. The number of Topliss-reactive ketones (excluding diaryl/α,β-unsaturated/α-hetero) is 1. The summed E-state index contributed by atoms with van der Waals surface area (Å²) in [5.74, 6) is -8.50. The summed E-state index contributed by atoms with van der Waals surface area (Å²) >= 11 is 0. The van der Waals surface area contributed by atoms with Gasteiger partial charge in [-0.3, -0.25) is 28.8 Å². The highest BCUT2D eigenvalue weighted by molar-refractivity contribution is 6.03. The summed E-state index contributed by atoms with van der Waals surface area (Å²) in [6.45, 7) is -2.61. The second kappa shape index (κ2) is 14.5. The number of carboxylic acids is 2. The van der Waals surface area contributed by atoms with E-state index in [9.17, 15) is 58.0 Å². The molecule has 0 spiro atoms. The summed E-state index contributed by atoms with van der Waals surface area (Å²) in [7, 11) is 0. The van der Waals surface area contributed by atoms with E-state index in [2.05, 4.69) is 10.6 Å². The van der Waals surface area contributed by atoms with Gasteiger partial charge in [0.1, 0.15) is 36.2 Å². The molecule has 0 aromatic heterocycles. The van der Waals surface area contributed by atoms with E-state index in [1.165, 1.54) is 18.2 Å². The number of carbonyl (C=O) groups excluding carboxylic acids is 3. The summed E-state index contributed by atoms with van der Waals surface area (Å²) < 4.78 is 40.4. The third-order valence-electron chi connectivity index (χ3n) is 6.90. The van der Waals surface area contributed by atoms with E-state index in [1.807, 2.05) is 0 Å². The van der Waals surface area contributed by atoms with E-state index in [0.717, 1.165) is 36.1 Å². The van der Waals surface area contributed by atoms with Crippen LogP contribution in [0.2, 0.25) is 0 Å². The van der Waals surface area contributed by atoms with Gasteiger partial charge in [0, 0.05) is 28.6 Å². The van der Waals surface area contributed by atoms with Crippen LogP contribution in [-0.2, 0) is 24.0 Å². The van der Waals surface area contributed by atoms with Crippen LogP contribution in [0, 0.1) is 11.6 Å². The van der Waals surface area contributed by atoms with E-state index in [-0.39, 0.29) is 44.9 Å². The van der Waals surface area contributed by atoms with E-state index in [1.54, 1.807) is 0 Å². The average molecular weight is 672 g/mol. The third-order valence-corrected chi connectivity index (χ3v) is 6.90. The standard InChI is InChI=1S/C31H27F2N3O12/c1-14(38)20(12-37)35-27(41)9-34-28(42)13-47-26-4-15(2-3-21(26)36(10-29(43)44)11-30(45)46)31-16-5-18(32)22(39)7-24(16)48-25-8-23(40)19(33)6-17(25)31/h2-8,20,37,39H,9-13H2,1H3,(H,34,42)(H,35,41)(H,43,44)(H,45,46). The maximum atomic E-state index is 14.6. The van der Waals surface area contributed by atoms with Gasteiger partial charge in [-0.1, -0.05) is 6.07 Å². The molecule has 0 saturated heterocycles. The molecule has 48 heavy (non-hydrogen) atoms. The molecule has 1 heterocycles. The summed E-state index contributed by atoms with van der Waals surface area (Å²) in [6, 6.07) is 6.17. The SMILES string of the molecule is CC(=O)C(CO)NC(=O)CNC(=O)COc1cc(-c2c3cc(F)c(=O)cc-3oc3cc(O)c(F)cc23)ccc1N(CC(=O)O)CC(=O)O. The van der Waals surface area contributed by atoms with Crippen LogP contribution in [-0.4, -0.2) is 88.9 Å². The van der Waals surface area contributed by atoms with Crippen LogP contribution >= 0.6 is 0 Å². The van der Waals surface area contributed by atoms with Crippen molar-refractivity contribution < 1.29 is 62.3 Å². The molecule has 0 radical (unpaired) electrons. The zero-order chi connectivity index (χ0) is 35.3. The molecule has 2 amide bonds. The zero-order valence-corrected chi connectivity index (χ0v) is 24.9. The number of amides is 2. The van der Waals surface area contributed by atoms with Crippen molar-refractivity contribution in [2.75, 3.05) is 37.7 Å². The number of phenolic OH excluding ortho intramolecular Hbond substituents is 1. The Morgan fingerprint density at radius 2 is 1.65 bits per heavy atom. The highest BCUT2D eigenvalue weighted by Crippen LogP contribution is 2.44. The van der Waals surface area contributed by atoms with Gasteiger partial charge in [0.15, 0.2) is 29.8 Å². The normalized spacial score (nSPS) is 11.6. The van der Waals surface area contributed by atoms with Crippen molar-refractivity contribution in [3.63, 3.8) is 0 Å². The van der Waals surface area contributed by atoms with Crippen LogP contribution in [0.3, 0.4) is 0 Å². The van der Waals surface area contributed by atoms with Crippen molar-refractivity contribution in [2.45, 2.75) is 13.0 Å². The summed E-state index contributed by atoms with van der Waals surface area (Å²) in [6.07, 6.45) is 0. The Hall–Kier alpha value is -6.10. The molecule has 4 rings (SSSR count). The maximum Gasteiger partial charge on any atom is 0.323 e. The fraction of sp³-hybridized carbons (Fsp3) is 0.226. The number of fused-ring (bicyclic) bond motifs is 2. The lowest BCUT2D eigenvalue weighted by Gasteiger charge is -2.24. The first-order chi connectivity index (χ1) is 22.7. The fourth-order valence-corrected chi connectivity index (χ4v) is 4.71. The number of benzene rings is 3. The van der Waals surface area contributed by atoms with Crippen molar-refractivity contribution in [3.05, 3.63) is 64.3 Å². The summed E-state index contributed by atoms with van der Waals surface area (Å²) in [5, 5.41) is 42.4. The van der Waals surface area contributed by atoms with Crippen LogP contribution in [0.15, 0.2) is 51.7 Å². The number of aliphatic hydroxyl groups excluding tert-OH is 1. The van der Waals surface area contributed by atoms with Crippen molar-refractivity contribution >= 4 is 46.2 Å². The molecule has 1 aliphatic carbocycles. The number of nitrogens with one attached hydrogen (secondary N) is 2. The fourth-order valence-electron chi connectivity index (χ4n) is 4.71. The van der Waals surface area contributed by atoms with Crippen LogP contribution < -0.4 is 25.7 Å². The molecular weight excluding hydrogens is 644 g/mol. The van der Waals surface area contributed by atoms with Crippen molar-refractivity contribution in [1.29, 1.82) is 0 Å². The van der Waals surface area contributed by atoms with Gasteiger partial charge in [0.2, 0.25) is 11.3 Å². The maximum absolute atomic E-state index is 14.6. The number of halogens is 2. The Bertz CT molecular complexity index is 1950. The Labute approximate surface area is 268 Å². The first-order valence-corrected chi connectivity index (χ1v) is 13.9. The lowest BCUT2D eigenvalue weighted by molar-refractivity contribution is -0.136. The summed E-state index contributed by atoms with van der Waals surface area (Å²) in [5.41, 5.74) is -1.09. The zero-order valence-electron chi connectivity index (χ0n) is 24.9. The second-order valence-corrected chi connectivity index (χ2v) is 10.4. The minimum Gasteiger partial charge on any atom is -0.505 e. The van der Waals surface area contributed by atoms with Gasteiger partial charge in [-0.05, 0) is 36.8 Å². The lowest BCUT2D eigenvalue weighted by Crippen LogP contribution is -2.47. The minimum absolute atomic E-state index is 0.00187. The third kappa shape index (κ3) is 8.00. The summed E-state index contributed by atoms with van der Waals surface area (Å²) in [4.78, 5) is 72.3. The molecule has 1 aliphatic heterocycles. The van der Waals surface area contributed by atoms with Gasteiger partial charge in [-0.25, -0.2) is 8.78 Å². The average Bonchev–Trinajstić information content (AvgIpc) is 3.01. The van der Waals surface area contributed by atoms with Gasteiger partial charge >= 0.3 is 11.9 Å². The molecule has 0 saturated carbocycles. The lowest BCUT2D eigenvalue weighted by atomic mass is 9.93. The minimum atomic E-state index is -1.41. The Kier molecular flexibility index (Phi) is 10.5. The van der Waals surface area contributed by atoms with Crippen LogP contribution in [0.25, 0.3) is 33.4 Å². The van der Waals surface area contributed by atoms with Gasteiger partial charge in [0.05, 0.1) is 18.8 Å². The first kappa shape index (κ1) is 34.8. The number of carboxylic acid groups (broad SMARTS) is 2. The molecule has 1 unspecified atom stereocenters. The van der Waals surface area contributed by atoms with E-state index in [4.69, 9.17) is 9.15 Å². The topological polar surface area (TPSA) is 233 Å². The highest BCUT2D eigenvalue weighted by Gasteiger charge is 2.25. The van der Waals surface area contributed by atoms with Crippen molar-refractivity contribution in [1.82, 2.24) is 10.6 Å². The first-order valence-electron chi connectivity index (χ1n) is 13.9. The number of hydrogen-bond acceptors (Lipinski definition) is 11. The quantitative estimate of drug-likeness (QED) is 0.103. The van der Waals surface area contributed by atoms with Crippen LogP contribution in [0.4, 0.5) is 14.5 Å². The van der Waals surface area contributed by atoms with Gasteiger partial charge in [-0.15, -0.1) is 0 Å². The van der Waals surface area contributed by atoms with Crippen LogP contribution in [0.5, 0.6) is 11.5 Å². The molecule has 2 aliphatic rings. The smallest absolute Gasteiger partial charge is 0.323 e. The number of phenols is 1. The molecular formula is C31H27F2N3O12. The van der Waals surface area contributed by atoms with Gasteiger partial charge in [0.25, 0.3) is 5.91 Å². The number of ether oxygens (including phenoxy) is 1. The molecule has 15 nitrogen and oxygen atoms in total. The van der Waals surface area contributed by atoms with E-state index >= 15 is 0 Å². The van der Waals surface area contributed by atoms with Gasteiger partial charge < -0.3 is 45.1 Å². The number of anilines is 1.